The first-order chi connectivity index (χ1) is 16.4. The average molecular weight is 493 g/mol. The molecule has 3 aliphatic rings. The SMILES string of the molecule is CN1CCN(C(=O)CC2(COc3cccc(Cl)c3)CCN(C(=O)CN3CCOCC3)CC2)CC1. The Bertz CT molecular complexity index is 832. The largest absolute Gasteiger partial charge is 0.493 e. The number of amides is 2. The monoisotopic (exact) mass is 492 g/mol. The molecule has 3 fully saturated rings. The fraction of sp³-hybridized carbons (Fsp3) is 0.680. The van der Waals surface area contributed by atoms with Crippen LogP contribution in [-0.2, 0) is 14.3 Å². The lowest BCUT2D eigenvalue weighted by molar-refractivity contribution is -0.139. The van der Waals surface area contributed by atoms with Crippen LogP contribution in [-0.4, -0.2) is 117 Å². The summed E-state index contributed by atoms with van der Waals surface area (Å²) in [5.41, 5.74) is -0.293. The molecule has 0 aromatic heterocycles. The first-order valence-electron chi connectivity index (χ1n) is 12.4. The van der Waals surface area contributed by atoms with Gasteiger partial charge in [-0.15, -0.1) is 0 Å². The number of rotatable bonds is 7. The molecule has 3 saturated heterocycles. The smallest absolute Gasteiger partial charge is 0.236 e. The quantitative estimate of drug-likeness (QED) is 0.578. The highest BCUT2D eigenvalue weighted by atomic mass is 35.5. The zero-order chi connectivity index (χ0) is 24.0. The topological polar surface area (TPSA) is 65.6 Å². The Kier molecular flexibility index (Phi) is 8.69. The number of morpholine rings is 1. The molecule has 0 bridgehead atoms. The van der Waals surface area contributed by atoms with Crippen molar-refractivity contribution in [1.82, 2.24) is 19.6 Å². The summed E-state index contributed by atoms with van der Waals surface area (Å²) in [4.78, 5) is 34.5. The van der Waals surface area contributed by atoms with E-state index in [2.05, 4.69) is 16.8 Å². The molecule has 3 heterocycles. The number of carbonyl (C=O) groups excluding carboxylic acids is 2. The molecule has 0 radical (unpaired) electrons. The highest BCUT2D eigenvalue weighted by Crippen LogP contribution is 2.37. The van der Waals surface area contributed by atoms with Crippen molar-refractivity contribution >= 4 is 23.4 Å². The summed E-state index contributed by atoms with van der Waals surface area (Å²) in [6, 6.07) is 7.38. The lowest BCUT2D eigenvalue weighted by Crippen LogP contribution is -2.52. The van der Waals surface area contributed by atoms with Crippen LogP contribution in [0.1, 0.15) is 19.3 Å². The van der Waals surface area contributed by atoms with Gasteiger partial charge in [0, 0.05) is 69.2 Å². The Balaban J connectivity index is 1.38. The van der Waals surface area contributed by atoms with E-state index in [-0.39, 0.29) is 17.2 Å². The van der Waals surface area contributed by atoms with Crippen LogP contribution in [0, 0.1) is 5.41 Å². The van der Waals surface area contributed by atoms with Crippen LogP contribution in [0.25, 0.3) is 0 Å². The van der Waals surface area contributed by atoms with Gasteiger partial charge in [0.05, 0.1) is 26.4 Å². The Morgan fingerprint density at radius 1 is 0.971 bits per heavy atom. The van der Waals surface area contributed by atoms with Crippen LogP contribution in [0.2, 0.25) is 5.02 Å². The number of piperazine rings is 1. The van der Waals surface area contributed by atoms with E-state index < -0.39 is 0 Å². The van der Waals surface area contributed by atoms with Gasteiger partial charge in [-0.05, 0) is 38.1 Å². The molecule has 0 N–H and O–H groups in total. The van der Waals surface area contributed by atoms with Gasteiger partial charge in [0.25, 0.3) is 0 Å². The first-order valence-corrected chi connectivity index (χ1v) is 12.7. The van der Waals surface area contributed by atoms with Gasteiger partial charge in [-0.1, -0.05) is 17.7 Å². The number of halogens is 1. The highest BCUT2D eigenvalue weighted by molar-refractivity contribution is 6.30. The van der Waals surface area contributed by atoms with E-state index >= 15 is 0 Å². The van der Waals surface area contributed by atoms with E-state index in [0.29, 0.717) is 56.6 Å². The minimum atomic E-state index is -0.293. The van der Waals surface area contributed by atoms with Crippen molar-refractivity contribution in [2.45, 2.75) is 19.3 Å². The van der Waals surface area contributed by atoms with Gasteiger partial charge < -0.3 is 24.2 Å². The van der Waals surface area contributed by atoms with Gasteiger partial charge in [-0.2, -0.15) is 0 Å². The van der Waals surface area contributed by atoms with E-state index in [4.69, 9.17) is 21.1 Å². The van der Waals surface area contributed by atoms with Gasteiger partial charge in [0.15, 0.2) is 0 Å². The maximum atomic E-state index is 13.3. The summed E-state index contributed by atoms with van der Waals surface area (Å²) < 4.78 is 11.6. The second kappa shape index (κ2) is 11.7. The fourth-order valence-electron chi connectivity index (χ4n) is 4.93. The summed E-state index contributed by atoms with van der Waals surface area (Å²) in [5.74, 6) is 1.07. The van der Waals surface area contributed by atoms with Crippen LogP contribution in [0.5, 0.6) is 5.75 Å². The summed E-state index contributed by atoms with van der Waals surface area (Å²) in [5, 5.41) is 0.628. The number of benzene rings is 1. The van der Waals surface area contributed by atoms with Crippen molar-refractivity contribution in [3.8, 4) is 5.75 Å². The van der Waals surface area contributed by atoms with E-state index in [1.165, 1.54) is 0 Å². The molecule has 4 rings (SSSR count). The molecule has 1 aromatic rings. The Morgan fingerprint density at radius 3 is 2.32 bits per heavy atom. The van der Waals surface area contributed by atoms with Crippen LogP contribution in [0.15, 0.2) is 24.3 Å². The predicted octanol–water partition coefficient (Wildman–Crippen LogP) is 1.82. The third-order valence-corrected chi connectivity index (χ3v) is 7.60. The summed E-state index contributed by atoms with van der Waals surface area (Å²) in [6.07, 6.45) is 1.95. The van der Waals surface area contributed by atoms with Gasteiger partial charge >= 0.3 is 0 Å². The third kappa shape index (κ3) is 6.84. The maximum Gasteiger partial charge on any atom is 0.236 e. The summed E-state index contributed by atoms with van der Waals surface area (Å²) in [6.45, 7) is 8.51. The number of nitrogens with zero attached hydrogens (tertiary/aromatic N) is 4. The lowest BCUT2D eigenvalue weighted by Gasteiger charge is -2.43. The number of hydrogen-bond donors (Lipinski definition) is 0. The molecule has 0 unspecified atom stereocenters. The second-order valence-electron chi connectivity index (χ2n) is 9.88. The van der Waals surface area contributed by atoms with Crippen LogP contribution in [0.4, 0.5) is 0 Å². The third-order valence-electron chi connectivity index (χ3n) is 7.36. The zero-order valence-electron chi connectivity index (χ0n) is 20.2. The van der Waals surface area contributed by atoms with Crippen LogP contribution < -0.4 is 4.74 Å². The normalized spacial score (nSPS) is 21.9. The van der Waals surface area contributed by atoms with Gasteiger partial charge in [-0.25, -0.2) is 0 Å². The van der Waals surface area contributed by atoms with Crippen molar-refractivity contribution < 1.29 is 19.1 Å². The van der Waals surface area contributed by atoms with E-state index in [1.54, 1.807) is 6.07 Å². The Labute approximate surface area is 207 Å². The van der Waals surface area contributed by atoms with E-state index in [9.17, 15) is 9.59 Å². The Morgan fingerprint density at radius 2 is 1.65 bits per heavy atom. The number of ether oxygens (including phenoxy) is 2. The molecule has 8 nitrogen and oxygen atoms in total. The number of piperidine rings is 1. The van der Waals surface area contributed by atoms with Crippen LogP contribution in [0.3, 0.4) is 0 Å². The summed E-state index contributed by atoms with van der Waals surface area (Å²) >= 11 is 6.13. The summed E-state index contributed by atoms with van der Waals surface area (Å²) in [7, 11) is 2.09. The van der Waals surface area contributed by atoms with Gasteiger partial charge in [0.2, 0.25) is 11.8 Å². The first kappa shape index (κ1) is 25.2. The van der Waals surface area contributed by atoms with Crippen molar-refractivity contribution in [1.29, 1.82) is 0 Å². The fourth-order valence-corrected chi connectivity index (χ4v) is 5.12. The van der Waals surface area contributed by atoms with Crippen LogP contribution >= 0.6 is 11.6 Å². The molecule has 3 aliphatic heterocycles. The molecular formula is C25H37ClN4O4. The van der Waals surface area contributed by atoms with Gasteiger partial charge in [-0.3, -0.25) is 14.5 Å². The van der Waals surface area contributed by atoms with Gasteiger partial charge in [0.1, 0.15) is 5.75 Å². The number of hydrogen-bond acceptors (Lipinski definition) is 6. The lowest BCUT2D eigenvalue weighted by atomic mass is 9.75. The van der Waals surface area contributed by atoms with Crippen molar-refractivity contribution in [2.75, 3.05) is 85.8 Å². The highest BCUT2D eigenvalue weighted by Gasteiger charge is 2.40. The van der Waals surface area contributed by atoms with Crippen molar-refractivity contribution in [2.24, 2.45) is 5.41 Å². The molecule has 188 valence electrons. The number of carbonyl (C=O) groups is 2. The molecule has 0 saturated carbocycles. The number of likely N-dealkylation sites (N-methyl/N-ethyl adjacent to an activating group) is 1. The van der Waals surface area contributed by atoms with Crippen molar-refractivity contribution in [3.63, 3.8) is 0 Å². The van der Waals surface area contributed by atoms with E-state index in [0.717, 1.165) is 52.1 Å². The molecule has 0 spiro atoms. The second-order valence-corrected chi connectivity index (χ2v) is 10.3. The number of likely N-dealkylation sites (tertiary alicyclic amines) is 1. The predicted molar refractivity (Wildman–Crippen MR) is 131 cm³/mol. The molecule has 1 aromatic carbocycles. The van der Waals surface area contributed by atoms with Crippen molar-refractivity contribution in [3.05, 3.63) is 29.3 Å². The molecule has 2 amide bonds. The Hall–Kier alpha value is -1.87. The minimum absolute atomic E-state index is 0.164. The minimum Gasteiger partial charge on any atom is -0.493 e. The molecule has 0 atom stereocenters. The maximum absolute atomic E-state index is 13.3. The molecule has 34 heavy (non-hydrogen) atoms. The molecule has 9 heteroatoms. The average Bonchev–Trinajstić information content (AvgIpc) is 2.84. The molecule has 0 aliphatic carbocycles. The zero-order valence-corrected chi connectivity index (χ0v) is 21.0. The molecular weight excluding hydrogens is 456 g/mol. The standard InChI is InChI=1S/C25H37ClN4O4/c1-27-9-11-30(12-10-27)23(31)18-25(20-34-22-4-2-3-21(26)17-22)5-7-29(8-6-25)24(32)19-28-13-15-33-16-14-28/h2-4,17H,5-16,18-20H2,1H3. The van der Waals surface area contributed by atoms with E-state index in [1.807, 2.05) is 28.0 Å².